The molecule has 0 atom stereocenters. The minimum absolute atomic E-state index is 0.192. The van der Waals surface area contributed by atoms with E-state index in [2.05, 4.69) is 10.5 Å². The molecule has 3 rings (SSSR count). The number of methoxy groups -OCH3 is 2. The van der Waals surface area contributed by atoms with Crippen LogP contribution < -0.4 is 19.2 Å². The van der Waals surface area contributed by atoms with Crippen molar-refractivity contribution in [3.63, 3.8) is 0 Å². The summed E-state index contributed by atoms with van der Waals surface area (Å²) in [6.07, 6.45) is 2.61. The van der Waals surface area contributed by atoms with Crippen molar-refractivity contribution in [3.8, 4) is 11.5 Å². The number of carbonyl (C=O) groups excluding carboxylic acids is 1. The van der Waals surface area contributed by atoms with Crippen LogP contribution in [0.5, 0.6) is 11.5 Å². The minimum Gasteiger partial charge on any atom is -0.493 e. The third-order valence-corrected chi connectivity index (χ3v) is 5.93. The molecule has 3 aromatic carbocycles. The molecule has 0 heterocycles. The van der Waals surface area contributed by atoms with Crippen molar-refractivity contribution in [2.75, 3.05) is 24.8 Å². The number of amides is 1. The first-order valence-corrected chi connectivity index (χ1v) is 11.8. The van der Waals surface area contributed by atoms with Gasteiger partial charge in [-0.15, -0.1) is 0 Å². The number of hydrazone groups is 1. The van der Waals surface area contributed by atoms with Gasteiger partial charge < -0.3 is 9.47 Å². The Kier molecular flexibility index (Phi) is 7.68. The normalized spacial score (nSPS) is 11.2. The summed E-state index contributed by atoms with van der Waals surface area (Å²) in [5.41, 5.74) is 4.74. The molecule has 9 heteroatoms. The number of rotatable bonds is 9. The van der Waals surface area contributed by atoms with E-state index < -0.39 is 15.9 Å². The maximum absolute atomic E-state index is 12.5. The highest BCUT2D eigenvalue weighted by atomic mass is 32.2. The summed E-state index contributed by atoms with van der Waals surface area (Å²) in [4.78, 5) is 12.5. The first-order chi connectivity index (χ1) is 15.8. The van der Waals surface area contributed by atoms with Crippen LogP contribution in [0.3, 0.4) is 0 Å². The summed E-state index contributed by atoms with van der Waals surface area (Å²) in [6.45, 7) is 0.192. The van der Waals surface area contributed by atoms with Gasteiger partial charge in [-0.05, 0) is 42.0 Å². The number of anilines is 1. The van der Waals surface area contributed by atoms with E-state index in [9.17, 15) is 13.2 Å². The number of nitrogens with one attached hydrogen (secondary N) is 1. The molecule has 1 amide bonds. The van der Waals surface area contributed by atoms with Crippen LogP contribution in [0.1, 0.15) is 21.5 Å². The second kappa shape index (κ2) is 10.6. The third-order valence-electron chi connectivity index (χ3n) is 4.79. The fraction of sp³-hybridized carbons (Fsp3) is 0.167. The lowest BCUT2D eigenvalue weighted by atomic mass is 10.2. The Morgan fingerprint density at radius 3 is 2.27 bits per heavy atom. The van der Waals surface area contributed by atoms with Crippen LogP contribution in [0.15, 0.2) is 77.9 Å². The van der Waals surface area contributed by atoms with E-state index in [1.165, 1.54) is 24.7 Å². The molecule has 0 aromatic heterocycles. The van der Waals surface area contributed by atoms with Crippen molar-refractivity contribution in [1.29, 1.82) is 0 Å². The van der Waals surface area contributed by atoms with E-state index in [1.807, 2.05) is 30.3 Å². The molecule has 0 saturated carbocycles. The summed E-state index contributed by atoms with van der Waals surface area (Å²) in [5, 5.41) is 3.99. The Morgan fingerprint density at radius 1 is 0.970 bits per heavy atom. The maximum Gasteiger partial charge on any atom is 0.271 e. The number of sulfonamides is 1. The van der Waals surface area contributed by atoms with E-state index in [0.29, 0.717) is 28.3 Å². The molecule has 172 valence electrons. The fourth-order valence-corrected chi connectivity index (χ4v) is 4.06. The van der Waals surface area contributed by atoms with Gasteiger partial charge in [0.25, 0.3) is 5.91 Å². The number of nitrogens with zero attached hydrogens (tertiary/aromatic N) is 2. The van der Waals surface area contributed by atoms with Gasteiger partial charge in [0.1, 0.15) is 0 Å². The monoisotopic (exact) mass is 467 g/mol. The van der Waals surface area contributed by atoms with Crippen molar-refractivity contribution in [3.05, 3.63) is 89.5 Å². The Labute approximate surface area is 193 Å². The summed E-state index contributed by atoms with van der Waals surface area (Å²) in [7, 11) is -0.462. The zero-order valence-corrected chi connectivity index (χ0v) is 19.4. The van der Waals surface area contributed by atoms with Crippen molar-refractivity contribution in [1.82, 2.24) is 5.43 Å². The molecular formula is C24H25N3O5S. The van der Waals surface area contributed by atoms with Crippen molar-refractivity contribution < 1.29 is 22.7 Å². The third kappa shape index (κ3) is 6.11. The predicted octanol–water partition coefficient (Wildman–Crippen LogP) is 3.43. The van der Waals surface area contributed by atoms with Gasteiger partial charge in [-0.3, -0.25) is 9.10 Å². The molecule has 0 aliphatic heterocycles. The number of ether oxygens (including phenoxy) is 2. The molecule has 0 saturated heterocycles. The smallest absolute Gasteiger partial charge is 0.271 e. The number of para-hydroxylation sites is 1. The molecule has 0 aliphatic carbocycles. The van der Waals surface area contributed by atoms with Crippen LogP contribution >= 0.6 is 0 Å². The Hall–Kier alpha value is -3.85. The number of hydrogen-bond donors (Lipinski definition) is 1. The van der Waals surface area contributed by atoms with Gasteiger partial charge in [0, 0.05) is 11.1 Å². The van der Waals surface area contributed by atoms with E-state index in [-0.39, 0.29) is 6.54 Å². The Morgan fingerprint density at radius 2 is 1.67 bits per heavy atom. The van der Waals surface area contributed by atoms with Crippen LogP contribution in [0.25, 0.3) is 0 Å². The van der Waals surface area contributed by atoms with Gasteiger partial charge in [-0.1, -0.05) is 36.4 Å². The lowest BCUT2D eigenvalue weighted by Gasteiger charge is -2.22. The summed E-state index contributed by atoms with van der Waals surface area (Å²) >= 11 is 0. The van der Waals surface area contributed by atoms with Crippen LogP contribution in [-0.2, 0) is 16.6 Å². The van der Waals surface area contributed by atoms with Crippen LogP contribution in [0, 0.1) is 0 Å². The molecule has 0 aliphatic rings. The lowest BCUT2D eigenvalue weighted by Crippen LogP contribution is -2.29. The summed E-state index contributed by atoms with van der Waals surface area (Å²) in [5.74, 6) is 0.615. The molecule has 0 radical (unpaired) electrons. The first kappa shape index (κ1) is 23.8. The van der Waals surface area contributed by atoms with Crippen LogP contribution in [-0.4, -0.2) is 41.0 Å². The summed E-state index contributed by atoms with van der Waals surface area (Å²) < 4.78 is 36.5. The van der Waals surface area contributed by atoms with Gasteiger partial charge >= 0.3 is 0 Å². The zero-order valence-electron chi connectivity index (χ0n) is 18.6. The molecule has 0 fully saturated rings. The van der Waals surface area contributed by atoms with E-state index in [1.54, 1.807) is 42.5 Å². The predicted molar refractivity (Wildman–Crippen MR) is 129 cm³/mol. The van der Waals surface area contributed by atoms with Gasteiger partial charge in [-0.25, -0.2) is 13.8 Å². The molecule has 0 unspecified atom stereocenters. The molecule has 3 aromatic rings. The average Bonchev–Trinajstić information content (AvgIpc) is 2.82. The molecular weight excluding hydrogens is 442 g/mol. The quantitative estimate of drug-likeness (QED) is 0.384. The Bertz CT molecular complexity index is 1230. The van der Waals surface area contributed by atoms with Crippen molar-refractivity contribution in [2.45, 2.75) is 6.54 Å². The average molecular weight is 468 g/mol. The highest BCUT2D eigenvalue weighted by Crippen LogP contribution is 2.29. The zero-order chi connectivity index (χ0) is 23.8. The summed E-state index contributed by atoms with van der Waals surface area (Å²) in [6, 6.07) is 20.9. The SMILES string of the molecule is COc1cccc(/C=N\NC(=O)c2ccc(N(Cc3ccccc3)S(C)(=O)=O)cc2)c1OC. The van der Waals surface area contributed by atoms with Gasteiger partial charge in [0.15, 0.2) is 11.5 Å². The molecule has 8 nitrogen and oxygen atoms in total. The van der Waals surface area contributed by atoms with Gasteiger partial charge in [0.05, 0.1) is 38.9 Å². The molecule has 0 spiro atoms. The standard InChI is InChI=1S/C24H25N3O5S/c1-31-22-11-7-10-20(23(22)32-2)16-25-26-24(28)19-12-14-21(15-13-19)27(33(3,29)30)17-18-8-5-4-6-9-18/h4-16H,17H2,1-3H3,(H,26,28)/b25-16-. The fourth-order valence-electron chi connectivity index (χ4n) is 3.17. The molecule has 1 N–H and O–H groups in total. The van der Waals surface area contributed by atoms with Crippen molar-refractivity contribution >= 4 is 27.8 Å². The highest BCUT2D eigenvalue weighted by molar-refractivity contribution is 7.92. The van der Waals surface area contributed by atoms with E-state index in [4.69, 9.17) is 9.47 Å². The van der Waals surface area contributed by atoms with E-state index >= 15 is 0 Å². The number of hydrogen-bond acceptors (Lipinski definition) is 6. The second-order valence-corrected chi connectivity index (χ2v) is 8.99. The number of carbonyl (C=O) groups is 1. The van der Waals surface area contributed by atoms with Crippen LogP contribution in [0.2, 0.25) is 0 Å². The largest absolute Gasteiger partial charge is 0.493 e. The first-order valence-electron chi connectivity index (χ1n) is 9.99. The van der Waals surface area contributed by atoms with Crippen molar-refractivity contribution in [2.24, 2.45) is 5.10 Å². The second-order valence-electron chi connectivity index (χ2n) is 7.08. The van der Waals surface area contributed by atoms with E-state index in [0.717, 1.165) is 11.8 Å². The topological polar surface area (TPSA) is 97.3 Å². The number of benzene rings is 3. The minimum atomic E-state index is -3.52. The molecule has 0 bridgehead atoms. The van der Waals surface area contributed by atoms with Gasteiger partial charge in [0.2, 0.25) is 10.0 Å². The lowest BCUT2D eigenvalue weighted by molar-refractivity contribution is 0.0955. The Balaban J connectivity index is 1.72. The van der Waals surface area contributed by atoms with Crippen LogP contribution in [0.4, 0.5) is 5.69 Å². The molecule has 33 heavy (non-hydrogen) atoms. The highest BCUT2D eigenvalue weighted by Gasteiger charge is 2.18. The van der Waals surface area contributed by atoms with Gasteiger partial charge in [-0.2, -0.15) is 5.10 Å². The maximum atomic E-state index is 12.5.